The van der Waals surface area contributed by atoms with E-state index in [9.17, 15) is 9.90 Å². The highest BCUT2D eigenvalue weighted by Gasteiger charge is 2.31. The van der Waals surface area contributed by atoms with Crippen LogP contribution in [0.4, 0.5) is 0 Å². The summed E-state index contributed by atoms with van der Waals surface area (Å²) in [5.41, 5.74) is 2.86. The number of carbonyl (C=O) groups excluding carboxylic acids is 1. The van der Waals surface area contributed by atoms with Crippen LogP contribution in [-0.2, 0) is 16.0 Å². The molecule has 184 valence electrons. The van der Waals surface area contributed by atoms with Gasteiger partial charge in [-0.3, -0.25) is 4.79 Å². The normalized spacial score (nSPS) is 13.7. The average Bonchev–Trinajstić information content (AvgIpc) is 3.20. The molecule has 0 saturated carbocycles. The number of hydrogen-bond donors (Lipinski definition) is 1. The Morgan fingerprint density at radius 2 is 1.85 bits per heavy atom. The molecule has 0 saturated heterocycles. The third-order valence-electron chi connectivity index (χ3n) is 6.48. The molecule has 7 heteroatoms. The highest BCUT2D eigenvalue weighted by molar-refractivity contribution is 6.31. The van der Waals surface area contributed by atoms with E-state index in [1.54, 1.807) is 36.4 Å². The van der Waals surface area contributed by atoms with Crippen molar-refractivity contribution in [1.29, 1.82) is 0 Å². The van der Waals surface area contributed by atoms with E-state index in [1.807, 2.05) is 0 Å². The van der Waals surface area contributed by atoms with Gasteiger partial charge in [-0.2, -0.15) is 0 Å². The van der Waals surface area contributed by atoms with E-state index in [4.69, 9.17) is 16.3 Å². The molecule has 0 radical (unpaired) electrons. The standard InChI is InChI=1S/C27H36ClN3O3/c1-6-8-21(27(3,4)5)19(7-2)17-34-26(33)14-10-18-9-13-25(32)24(15-18)31-29-22-12-11-20(28)16-23(22)30-31/h9,11-13,15-16,19,21,32H,6-8,10,14,17H2,1-5H3. The number of aryl methyl sites for hydroxylation is 1. The Morgan fingerprint density at radius 1 is 1.12 bits per heavy atom. The molecular formula is C27H36ClN3O3. The molecule has 0 aliphatic carbocycles. The highest BCUT2D eigenvalue weighted by Crippen LogP contribution is 2.37. The summed E-state index contributed by atoms with van der Waals surface area (Å²) in [6, 6.07) is 10.5. The Hall–Kier alpha value is -2.60. The van der Waals surface area contributed by atoms with Gasteiger partial charge in [0, 0.05) is 11.4 Å². The summed E-state index contributed by atoms with van der Waals surface area (Å²) in [7, 11) is 0. The van der Waals surface area contributed by atoms with Gasteiger partial charge in [-0.05, 0) is 72.4 Å². The molecular weight excluding hydrogens is 450 g/mol. The highest BCUT2D eigenvalue weighted by atomic mass is 35.5. The minimum atomic E-state index is -0.199. The van der Waals surface area contributed by atoms with Crippen molar-refractivity contribution in [3.05, 3.63) is 47.0 Å². The summed E-state index contributed by atoms with van der Waals surface area (Å²) >= 11 is 6.04. The van der Waals surface area contributed by atoms with Gasteiger partial charge < -0.3 is 9.84 Å². The number of benzene rings is 2. The van der Waals surface area contributed by atoms with Gasteiger partial charge in [-0.15, -0.1) is 15.0 Å². The molecule has 1 heterocycles. The summed E-state index contributed by atoms with van der Waals surface area (Å²) < 4.78 is 5.70. The topological polar surface area (TPSA) is 77.2 Å². The molecule has 6 nitrogen and oxygen atoms in total. The van der Waals surface area contributed by atoms with Crippen LogP contribution in [0.3, 0.4) is 0 Å². The lowest BCUT2D eigenvalue weighted by atomic mass is 9.70. The summed E-state index contributed by atoms with van der Waals surface area (Å²) in [4.78, 5) is 13.9. The number of nitrogens with zero attached hydrogens (tertiary/aromatic N) is 3. The maximum absolute atomic E-state index is 12.5. The Balaban J connectivity index is 1.63. The van der Waals surface area contributed by atoms with Crippen molar-refractivity contribution >= 4 is 28.6 Å². The van der Waals surface area contributed by atoms with Crippen LogP contribution in [0.25, 0.3) is 16.7 Å². The van der Waals surface area contributed by atoms with Crippen molar-refractivity contribution in [1.82, 2.24) is 15.0 Å². The lowest BCUT2D eigenvalue weighted by Crippen LogP contribution is -2.31. The van der Waals surface area contributed by atoms with Gasteiger partial charge in [0.1, 0.15) is 22.5 Å². The van der Waals surface area contributed by atoms with Crippen LogP contribution in [-0.4, -0.2) is 32.7 Å². The van der Waals surface area contributed by atoms with Gasteiger partial charge in [0.25, 0.3) is 0 Å². The van der Waals surface area contributed by atoms with E-state index in [0.29, 0.717) is 46.6 Å². The SMILES string of the molecule is CCCC(C(CC)COC(=O)CCc1ccc(O)c(-n2nc3ccc(Cl)cc3n2)c1)C(C)(C)C. The fourth-order valence-corrected chi connectivity index (χ4v) is 4.77. The van der Waals surface area contributed by atoms with Crippen molar-refractivity contribution in [2.24, 2.45) is 17.3 Å². The molecule has 3 aromatic rings. The molecule has 34 heavy (non-hydrogen) atoms. The first-order valence-electron chi connectivity index (χ1n) is 12.1. The fraction of sp³-hybridized carbons (Fsp3) is 0.519. The smallest absolute Gasteiger partial charge is 0.306 e. The minimum Gasteiger partial charge on any atom is -0.506 e. The molecule has 1 aromatic heterocycles. The van der Waals surface area contributed by atoms with Crippen LogP contribution >= 0.6 is 11.6 Å². The van der Waals surface area contributed by atoms with E-state index in [2.05, 4.69) is 44.8 Å². The minimum absolute atomic E-state index is 0.0627. The largest absolute Gasteiger partial charge is 0.506 e. The first-order chi connectivity index (χ1) is 16.1. The number of rotatable bonds is 10. The van der Waals surface area contributed by atoms with Crippen LogP contribution in [0.5, 0.6) is 5.75 Å². The van der Waals surface area contributed by atoms with E-state index < -0.39 is 0 Å². The number of hydrogen-bond acceptors (Lipinski definition) is 5. The van der Waals surface area contributed by atoms with E-state index >= 15 is 0 Å². The monoisotopic (exact) mass is 485 g/mol. The lowest BCUT2D eigenvalue weighted by molar-refractivity contribution is -0.146. The number of esters is 1. The molecule has 2 atom stereocenters. The predicted molar refractivity (Wildman–Crippen MR) is 136 cm³/mol. The number of phenolic OH excluding ortho intramolecular Hbond substituents is 1. The van der Waals surface area contributed by atoms with Crippen LogP contribution in [0.2, 0.25) is 5.02 Å². The van der Waals surface area contributed by atoms with Gasteiger partial charge in [0.15, 0.2) is 0 Å². The van der Waals surface area contributed by atoms with Gasteiger partial charge in [-0.1, -0.05) is 58.7 Å². The van der Waals surface area contributed by atoms with Gasteiger partial charge in [0.2, 0.25) is 0 Å². The van der Waals surface area contributed by atoms with Gasteiger partial charge in [-0.25, -0.2) is 0 Å². The quantitative estimate of drug-likeness (QED) is 0.321. The average molecular weight is 486 g/mol. The molecule has 2 unspecified atom stereocenters. The van der Waals surface area contributed by atoms with Crippen LogP contribution in [0, 0.1) is 17.3 Å². The summed E-state index contributed by atoms with van der Waals surface area (Å²) in [5, 5.41) is 19.8. The molecule has 2 aromatic carbocycles. The number of halogens is 1. The Bertz CT molecular complexity index is 1120. The second kappa shape index (κ2) is 11.2. The maximum atomic E-state index is 12.5. The fourth-order valence-electron chi connectivity index (χ4n) is 4.60. The molecule has 0 spiro atoms. The zero-order valence-electron chi connectivity index (χ0n) is 20.8. The van der Waals surface area contributed by atoms with Gasteiger partial charge >= 0.3 is 5.97 Å². The van der Waals surface area contributed by atoms with Crippen molar-refractivity contribution in [2.45, 2.75) is 66.7 Å². The number of carbonyl (C=O) groups is 1. The molecule has 0 fully saturated rings. The number of aromatic nitrogens is 3. The van der Waals surface area contributed by atoms with Crippen LogP contribution in [0.15, 0.2) is 36.4 Å². The third-order valence-corrected chi connectivity index (χ3v) is 6.71. The van der Waals surface area contributed by atoms with Crippen molar-refractivity contribution in [2.75, 3.05) is 6.61 Å². The molecule has 3 rings (SSSR count). The Kier molecular flexibility index (Phi) is 8.58. The van der Waals surface area contributed by atoms with Crippen LogP contribution in [0.1, 0.15) is 65.9 Å². The number of fused-ring (bicyclic) bond motifs is 1. The lowest BCUT2D eigenvalue weighted by Gasteiger charge is -2.36. The first kappa shape index (κ1) is 26.0. The maximum Gasteiger partial charge on any atom is 0.306 e. The zero-order valence-corrected chi connectivity index (χ0v) is 21.6. The molecule has 1 N–H and O–H groups in total. The van der Waals surface area contributed by atoms with Crippen molar-refractivity contribution in [3.8, 4) is 11.4 Å². The van der Waals surface area contributed by atoms with Crippen LogP contribution < -0.4 is 0 Å². The molecule has 0 aliphatic rings. The summed E-state index contributed by atoms with van der Waals surface area (Å²) in [6.07, 6.45) is 4.04. The Labute approximate surface area is 207 Å². The molecule has 0 amide bonds. The number of ether oxygens (including phenoxy) is 1. The van der Waals surface area contributed by atoms with Crippen molar-refractivity contribution in [3.63, 3.8) is 0 Å². The summed E-state index contributed by atoms with van der Waals surface area (Å²) in [5.74, 6) is 0.738. The Morgan fingerprint density at radius 3 is 2.53 bits per heavy atom. The number of aromatic hydroxyl groups is 1. The van der Waals surface area contributed by atoms with E-state index in [0.717, 1.165) is 24.8 Å². The zero-order chi connectivity index (χ0) is 24.9. The second-order valence-corrected chi connectivity index (χ2v) is 10.5. The predicted octanol–water partition coefficient (Wildman–Crippen LogP) is 6.74. The van der Waals surface area contributed by atoms with E-state index in [-0.39, 0.29) is 23.6 Å². The number of phenols is 1. The molecule has 0 aliphatic heterocycles. The van der Waals surface area contributed by atoms with E-state index in [1.165, 1.54) is 4.80 Å². The second-order valence-electron chi connectivity index (χ2n) is 10.1. The third kappa shape index (κ3) is 6.50. The summed E-state index contributed by atoms with van der Waals surface area (Å²) in [6.45, 7) is 11.7. The van der Waals surface area contributed by atoms with Gasteiger partial charge in [0.05, 0.1) is 6.61 Å². The van der Waals surface area contributed by atoms with Crippen molar-refractivity contribution < 1.29 is 14.6 Å². The first-order valence-corrected chi connectivity index (χ1v) is 12.5. The molecule has 0 bridgehead atoms.